The molecule has 29 heavy (non-hydrogen) atoms. The zero-order valence-corrected chi connectivity index (χ0v) is 15.9. The first-order valence-corrected chi connectivity index (χ1v) is 9.25. The van der Waals surface area contributed by atoms with E-state index in [2.05, 4.69) is 10.3 Å². The average Bonchev–Trinajstić information content (AvgIpc) is 3.11. The van der Waals surface area contributed by atoms with Gasteiger partial charge in [-0.25, -0.2) is 9.37 Å². The number of hydrogen-bond acceptors (Lipinski definition) is 3. The summed E-state index contributed by atoms with van der Waals surface area (Å²) >= 11 is 0. The molecule has 1 N–H and O–H groups in total. The van der Waals surface area contributed by atoms with Crippen LogP contribution >= 0.6 is 0 Å². The van der Waals surface area contributed by atoms with E-state index in [4.69, 9.17) is 4.74 Å². The van der Waals surface area contributed by atoms with Gasteiger partial charge in [0.25, 0.3) is 5.91 Å². The summed E-state index contributed by atoms with van der Waals surface area (Å²) in [6.45, 7) is 0.564. The normalized spacial score (nSPS) is 10.8. The Kier molecular flexibility index (Phi) is 5.24. The smallest absolute Gasteiger partial charge is 0.251 e. The van der Waals surface area contributed by atoms with Crippen molar-refractivity contribution in [3.63, 3.8) is 0 Å². The van der Waals surface area contributed by atoms with E-state index in [1.165, 1.54) is 6.07 Å². The van der Waals surface area contributed by atoms with Gasteiger partial charge in [0.1, 0.15) is 17.4 Å². The molecule has 6 heteroatoms. The van der Waals surface area contributed by atoms with Gasteiger partial charge in [-0.1, -0.05) is 30.3 Å². The maximum atomic E-state index is 14.2. The van der Waals surface area contributed by atoms with Gasteiger partial charge in [-0.05, 0) is 42.5 Å². The number of nitrogens with zero attached hydrogens (tertiary/aromatic N) is 2. The molecule has 0 fully saturated rings. The number of para-hydroxylation sites is 2. The van der Waals surface area contributed by atoms with Crippen LogP contribution in [0.4, 0.5) is 4.39 Å². The van der Waals surface area contributed by atoms with Gasteiger partial charge in [-0.15, -0.1) is 0 Å². The summed E-state index contributed by atoms with van der Waals surface area (Å²) in [6, 6.07) is 21.2. The Hall–Kier alpha value is -3.67. The molecule has 0 radical (unpaired) electrons. The number of carbonyl (C=O) groups excluding carboxylic acids is 1. The van der Waals surface area contributed by atoms with Crippen molar-refractivity contribution in [2.75, 3.05) is 7.11 Å². The van der Waals surface area contributed by atoms with Crippen LogP contribution in [-0.2, 0) is 13.1 Å². The van der Waals surface area contributed by atoms with Gasteiger partial charge in [-0.3, -0.25) is 4.79 Å². The summed E-state index contributed by atoms with van der Waals surface area (Å²) in [6.07, 6.45) is 0. The Morgan fingerprint density at radius 1 is 1.03 bits per heavy atom. The molecule has 0 aliphatic rings. The molecule has 0 aliphatic carbocycles. The zero-order chi connectivity index (χ0) is 20.2. The van der Waals surface area contributed by atoms with Crippen molar-refractivity contribution in [1.29, 1.82) is 0 Å². The van der Waals surface area contributed by atoms with E-state index in [0.29, 0.717) is 29.2 Å². The fourth-order valence-corrected chi connectivity index (χ4v) is 3.24. The van der Waals surface area contributed by atoms with Crippen molar-refractivity contribution >= 4 is 16.9 Å². The van der Waals surface area contributed by atoms with E-state index in [9.17, 15) is 9.18 Å². The highest BCUT2D eigenvalue weighted by molar-refractivity contribution is 5.94. The number of aromatic nitrogens is 2. The fourth-order valence-electron chi connectivity index (χ4n) is 3.24. The topological polar surface area (TPSA) is 56.1 Å². The van der Waals surface area contributed by atoms with Crippen LogP contribution in [0.3, 0.4) is 0 Å². The lowest BCUT2D eigenvalue weighted by atomic mass is 10.2. The van der Waals surface area contributed by atoms with E-state index in [0.717, 1.165) is 11.0 Å². The number of nitrogens with one attached hydrogen (secondary N) is 1. The van der Waals surface area contributed by atoms with Crippen molar-refractivity contribution in [1.82, 2.24) is 14.9 Å². The number of amides is 1. The van der Waals surface area contributed by atoms with Crippen LogP contribution in [-0.4, -0.2) is 22.6 Å². The van der Waals surface area contributed by atoms with Gasteiger partial charge >= 0.3 is 0 Å². The standard InChI is InChI=1S/C23H20FN3O2/c1-29-18-12-10-16(11-13-18)23(28)25-14-22-26-20-8-4-5-9-21(20)27(22)15-17-6-2-3-7-19(17)24/h2-13H,14-15H2,1H3,(H,25,28). The Bertz CT molecular complexity index is 1150. The minimum atomic E-state index is -0.265. The number of ether oxygens (including phenoxy) is 1. The van der Waals surface area contributed by atoms with Gasteiger partial charge in [-0.2, -0.15) is 0 Å². The second kappa shape index (κ2) is 8.14. The number of imidazole rings is 1. The summed E-state index contributed by atoms with van der Waals surface area (Å²) in [5.41, 5.74) is 2.79. The fraction of sp³-hybridized carbons (Fsp3) is 0.130. The molecular weight excluding hydrogens is 369 g/mol. The molecular formula is C23H20FN3O2. The van der Waals surface area contributed by atoms with E-state index in [1.54, 1.807) is 43.5 Å². The Labute approximate surface area is 167 Å². The number of rotatable bonds is 6. The average molecular weight is 389 g/mol. The van der Waals surface area contributed by atoms with Crippen LogP contribution in [0.25, 0.3) is 11.0 Å². The SMILES string of the molecule is COc1ccc(C(=O)NCc2nc3ccccc3n2Cc2ccccc2F)cc1. The number of methoxy groups -OCH3 is 1. The van der Waals surface area contributed by atoms with Crippen LogP contribution in [0.15, 0.2) is 72.8 Å². The zero-order valence-electron chi connectivity index (χ0n) is 15.9. The Morgan fingerprint density at radius 3 is 2.52 bits per heavy atom. The molecule has 0 aliphatic heterocycles. The highest BCUT2D eigenvalue weighted by atomic mass is 19.1. The Balaban J connectivity index is 1.59. The quantitative estimate of drug-likeness (QED) is 0.539. The van der Waals surface area contributed by atoms with Gasteiger partial charge in [0.15, 0.2) is 0 Å². The molecule has 1 aromatic heterocycles. The van der Waals surface area contributed by atoms with Crippen LogP contribution in [0.2, 0.25) is 0 Å². The largest absolute Gasteiger partial charge is 0.497 e. The molecule has 0 unspecified atom stereocenters. The maximum absolute atomic E-state index is 14.2. The van der Waals surface area contributed by atoms with Gasteiger partial charge in [0.2, 0.25) is 0 Å². The predicted molar refractivity (Wildman–Crippen MR) is 109 cm³/mol. The lowest BCUT2D eigenvalue weighted by Gasteiger charge is -2.11. The number of carbonyl (C=O) groups is 1. The third-order valence-electron chi connectivity index (χ3n) is 4.78. The molecule has 5 nitrogen and oxygen atoms in total. The van der Waals surface area contributed by atoms with E-state index in [-0.39, 0.29) is 18.3 Å². The van der Waals surface area contributed by atoms with Gasteiger partial charge in [0.05, 0.1) is 31.2 Å². The van der Waals surface area contributed by atoms with Crippen molar-refractivity contribution < 1.29 is 13.9 Å². The third kappa shape index (κ3) is 3.96. The number of benzene rings is 3. The minimum absolute atomic E-state index is 0.211. The predicted octanol–water partition coefficient (Wildman–Crippen LogP) is 4.16. The lowest BCUT2D eigenvalue weighted by Crippen LogP contribution is -2.25. The first-order chi connectivity index (χ1) is 14.2. The summed E-state index contributed by atoms with van der Waals surface area (Å²) < 4.78 is 21.2. The summed E-state index contributed by atoms with van der Waals surface area (Å²) in [4.78, 5) is 17.1. The highest BCUT2D eigenvalue weighted by Gasteiger charge is 2.14. The molecule has 146 valence electrons. The molecule has 0 bridgehead atoms. The number of halogens is 1. The van der Waals surface area contributed by atoms with Crippen LogP contribution in [0, 0.1) is 5.82 Å². The van der Waals surface area contributed by atoms with Crippen LogP contribution in [0.1, 0.15) is 21.7 Å². The molecule has 0 saturated carbocycles. The maximum Gasteiger partial charge on any atom is 0.251 e. The summed E-state index contributed by atoms with van der Waals surface area (Å²) in [5.74, 6) is 0.875. The first-order valence-electron chi connectivity index (χ1n) is 9.25. The molecule has 0 spiro atoms. The van der Waals surface area contributed by atoms with Gasteiger partial charge < -0.3 is 14.6 Å². The van der Waals surface area contributed by atoms with E-state index in [1.807, 2.05) is 34.9 Å². The molecule has 4 aromatic rings. The highest BCUT2D eigenvalue weighted by Crippen LogP contribution is 2.19. The van der Waals surface area contributed by atoms with Crippen molar-refractivity contribution in [3.05, 3.63) is 95.6 Å². The van der Waals surface area contributed by atoms with Crippen LogP contribution in [0.5, 0.6) is 5.75 Å². The van der Waals surface area contributed by atoms with Crippen molar-refractivity contribution in [3.8, 4) is 5.75 Å². The third-order valence-corrected chi connectivity index (χ3v) is 4.78. The van der Waals surface area contributed by atoms with Gasteiger partial charge in [0, 0.05) is 11.1 Å². The summed E-state index contributed by atoms with van der Waals surface area (Å²) in [5, 5.41) is 2.90. The molecule has 1 amide bonds. The number of fused-ring (bicyclic) bond motifs is 1. The first kappa shape index (κ1) is 18.7. The van der Waals surface area contributed by atoms with E-state index >= 15 is 0 Å². The minimum Gasteiger partial charge on any atom is -0.497 e. The van der Waals surface area contributed by atoms with Crippen LogP contribution < -0.4 is 10.1 Å². The summed E-state index contributed by atoms with van der Waals surface area (Å²) in [7, 11) is 1.58. The van der Waals surface area contributed by atoms with Crippen molar-refractivity contribution in [2.45, 2.75) is 13.1 Å². The lowest BCUT2D eigenvalue weighted by molar-refractivity contribution is 0.0949. The molecule has 3 aromatic carbocycles. The monoisotopic (exact) mass is 389 g/mol. The number of hydrogen-bond donors (Lipinski definition) is 1. The molecule has 4 rings (SSSR count). The molecule has 0 atom stereocenters. The second-order valence-corrected chi connectivity index (χ2v) is 6.61. The molecule has 1 heterocycles. The molecule has 0 saturated heterocycles. The Morgan fingerprint density at radius 2 is 1.76 bits per heavy atom. The second-order valence-electron chi connectivity index (χ2n) is 6.61. The van der Waals surface area contributed by atoms with E-state index < -0.39 is 0 Å². The van der Waals surface area contributed by atoms with Crippen molar-refractivity contribution in [2.24, 2.45) is 0 Å².